The van der Waals surface area contributed by atoms with Crippen molar-refractivity contribution in [1.29, 1.82) is 0 Å². The third-order valence-electron chi connectivity index (χ3n) is 3.40. The molecule has 1 rings (SSSR count). The second-order valence-corrected chi connectivity index (χ2v) is 7.98. The number of sulfone groups is 1. The third kappa shape index (κ3) is 5.87. The summed E-state index contributed by atoms with van der Waals surface area (Å²) in [4.78, 5) is 0. The maximum Gasteiger partial charge on any atom is 0.153 e. The van der Waals surface area contributed by atoms with Crippen LogP contribution in [0.3, 0.4) is 0 Å². The fraction of sp³-hybridized carbons (Fsp3) is 1.00. The molecule has 0 heterocycles. The van der Waals surface area contributed by atoms with E-state index < -0.39 is 9.84 Å². The van der Waals surface area contributed by atoms with E-state index in [4.69, 9.17) is 0 Å². The number of nitrogens with one attached hydrogen (secondary N) is 1. The lowest BCUT2D eigenvalue weighted by molar-refractivity contribution is 0.536. The Bertz CT molecular complexity index is 293. The first-order valence-electron chi connectivity index (χ1n) is 6.94. The van der Waals surface area contributed by atoms with Crippen LogP contribution in [0.15, 0.2) is 0 Å². The van der Waals surface area contributed by atoms with Crippen LogP contribution in [0.1, 0.15) is 52.4 Å². The minimum atomic E-state index is -2.79. The lowest BCUT2D eigenvalue weighted by Crippen LogP contribution is -2.23. The smallest absolute Gasteiger partial charge is 0.153 e. The molecule has 1 N–H and O–H groups in total. The van der Waals surface area contributed by atoms with Gasteiger partial charge in [-0.1, -0.05) is 26.7 Å². The molecule has 0 amide bonds. The van der Waals surface area contributed by atoms with Crippen LogP contribution in [-0.4, -0.2) is 32.5 Å². The average Bonchev–Trinajstić information content (AvgIpc) is 2.76. The van der Waals surface area contributed by atoms with Gasteiger partial charge in [0.2, 0.25) is 0 Å². The molecule has 1 fully saturated rings. The molecule has 0 radical (unpaired) electrons. The van der Waals surface area contributed by atoms with E-state index in [2.05, 4.69) is 19.2 Å². The van der Waals surface area contributed by atoms with Crippen LogP contribution in [0.2, 0.25) is 0 Å². The summed E-state index contributed by atoms with van der Waals surface area (Å²) in [6.07, 6.45) is 5.77. The predicted molar refractivity (Wildman–Crippen MR) is 73.0 cm³/mol. The molecule has 0 aromatic rings. The average molecular weight is 261 g/mol. The van der Waals surface area contributed by atoms with E-state index in [1.54, 1.807) is 0 Å². The highest BCUT2D eigenvalue weighted by molar-refractivity contribution is 7.92. The van der Waals surface area contributed by atoms with Crippen LogP contribution in [0.25, 0.3) is 0 Å². The van der Waals surface area contributed by atoms with E-state index in [1.807, 2.05) is 0 Å². The highest BCUT2D eigenvalue weighted by atomic mass is 32.2. The van der Waals surface area contributed by atoms with Gasteiger partial charge in [-0.2, -0.15) is 0 Å². The summed E-state index contributed by atoms with van der Waals surface area (Å²) in [7, 11) is -2.79. The normalized spacial score (nSPS) is 18.1. The van der Waals surface area contributed by atoms with Crippen LogP contribution >= 0.6 is 0 Å². The summed E-state index contributed by atoms with van der Waals surface area (Å²) in [6.45, 7) is 6.32. The Labute approximate surface area is 106 Å². The molecule has 0 spiro atoms. The number of hydrogen-bond acceptors (Lipinski definition) is 3. The molecule has 0 aromatic heterocycles. The van der Waals surface area contributed by atoms with Crippen molar-refractivity contribution in [2.45, 2.75) is 57.6 Å². The number of hydrogen-bond donors (Lipinski definition) is 1. The molecule has 1 aliphatic rings. The molecule has 102 valence electrons. The van der Waals surface area contributed by atoms with Crippen molar-refractivity contribution < 1.29 is 8.42 Å². The van der Waals surface area contributed by atoms with Crippen molar-refractivity contribution in [1.82, 2.24) is 5.32 Å². The first-order valence-corrected chi connectivity index (χ1v) is 8.66. The van der Waals surface area contributed by atoms with E-state index in [-0.39, 0.29) is 5.25 Å². The molecule has 0 aliphatic heterocycles. The predicted octanol–water partition coefficient (Wildman–Crippen LogP) is 2.37. The second kappa shape index (κ2) is 7.37. The fourth-order valence-corrected chi connectivity index (χ4v) is 4.35. The van der Waals surface area contributed by atoms with Gasteiger partial charge in [0, 0.05) is 0 Å². The van der Waals surface area contributed by atoms with Crippen molar-refractivity contribution in [2.24, 2.45) is 5.92 Å². The van der Waals surface area contributed by atoms with Gasteiger partial charge in [0.1, 0.15) is 0 Å². The topological polar surface area (TPSA) is 46.2 Å². The van der Waals surface area contributed by atoms with E-state index in [0.717, 1.165) is 51.6 Å². The molecule has 17 heavy (non-hydrogen) atoms. The van der Waals surface area contributed by atoms with Gasteiger partial charge in [0.05, 0.1) is 11.0 Å². The minimum Gasteiger partial charge on any atom is -0.316 e. The molecule has 0 bridgehead atoms. The monoisotopic (exact) mass is 261 g/mol. The van der Waals surface area contributed by atoms with Crippen molar-refractivity contribution >= 4 is 9.84 Å². The third-order valence-corrected chi connectivity index (χ3v) is 5.74. The van der Waals surface area contributed by atoms with Crippen LogP contribution < -0.4 is 5.32 Å². The highest BCUT2D eigenvalue weighted by Crippen LogP contribution is 2.25. The Morgan fingerprint density at radius 1 is 1.18 bits per heavy atom. The summed E-state index contributed by atoms with van der Waals surface area (Å²) >= 11 is 0. The Balaban J connectivity index is 2.09. The SMILES string of the molecule is CC(C)CNCCCCS(=O)(=O)C1CCCC1. The van der Waals surface area contributed by atoms with Crippen LogP contribution in [0, 0.1) is 5.92 Å². The van der Waals surface area contributed by atoms with Gasteiger partial charge in [0.15, 0.2) is 9.84 Å². The largest absolute Gasteiger partial charge is 0.316 e. The molecule has 1 saturated carbocycles. The van der Waals surface area contributed by atoms with Gasteiger partial charge in [-0.05, 0) is 44.7 Å². The Hall–Kier alpha value is -0.0900. The zero-order valence-corrected chi connectivity index (χ0v) is 12.1. The van der Waals surface area contributed by atoms with Gasteiger partial charge in [0.25, 0.3) is 0 Å². The summed E-state index contributed by atoms with van der Waals surface area (Å²) < 4.78 is 23.9. The maximum atomic E-state index is 12.0. The summed E-state index contributed by atoms with van der Waals surface area (Å²) in [5.74, 6) is 1.05. The highest BCUT2D eigenvalue weighted by Gasteiger charge is 2.27. The van der Waals surface area contributed by atoms with Crippen molar-refractivity contribution in [3.8, 4) is 0 Å². The summed E-state index contributed by atoms with van der Waals surface area (Å²) in [5.41, 5.74) is 0. The Morgan fingerprint density at radius 3 is 2.41 bits per heavy atom. The zero-order chi connectivity index (χ0) is 12.7. The second-order valence-electron chi connectivity index (χ2n) is 5.58. The summed E-state index contributed by atoms with van der Waals surface area (Å²) in [5, 5.41) is 3.32. The van der Waals surface area contributed by atoms with E-state index in [1.165, 1.54) is 0 Å². The van der Waals surface area contributed by atoms with Crippen LogP contribution in [0.4, 0.5) is 0 Å². The van der Waals surface area contributed by atoms with Crippen molar-refractivity contribution in [3.05, 3.63) is 0 Å². The van der Waals surface area contributed by atoms with Crippen LogP contribution in [-0.2, 0) is 9.84 Å². The van der Waals surface area contributed by atoms with E-state index >= 15 is 0 Å². The van der Waals surface area contributed by atoms with Gasteiger partial charge in [-0.15, -0.1) is 0 Å². The lowest BCUT2D eigenvalue weighted by atomic mass is 10.2. The van der Waals surface area contributed by atoms with Crippen molar-refractivity contribution in [3.63, 3.8) is 0 Å². The molecule has 0 saturated heterocycles. The molecule has 0 aromatic carbocycles. The molecular formula is C13H27NO2S. The minimum absolute atomic E-state index is 0.0221. The molecule has 4 heteroatoms. The lowest BCUT2D eigenvalue weighted by Gasteiger charge is -2.11. The molecular weight excluding hydrogens is 234 g/mol. The van der Waals surface area contributed by atoms with Gasteiger partial charge in [-0.3, -0.25) is 0 Å². The number of unbranched alkanes of at least 4 members (excludes halogenated alkanes) is 1. The Kier molecular flexibility index (Phi) is 6.49. The standard InChI is InChI=1S/C13H27NO2S/c1-12(2)11-14-9-5-6-10-17(15,16)13-7-3-4-8-13/h12-14H,3-11H2,1-2H3. The van der Waals surface area contributed by atoms with Crippen molar-refractivity contribution in [2.75, 3.05) is 18.8 Å². The van der Waals surface area contributed by atoms with Gasteiger partial charge >= 0.3 is 0 Å². The van der Waals surface area contributed by atoms with Gasteiger partial charge < -0.3 is 5.32 Å². The van der Waals surface area contributed by atoms with Gasteiger partial charge in [-0.25, -0.2) is 8.42 Å². The molecule has 0 atom stereocenters. The molecule has 3 nitrogen and oxygen atoms in total. The quantitative estimate of drug-likeness (QED) is 0.682. The molecule has 0 unspecified atom stereocenters. The molecule has 1 aliphatic carbocycles. The van der Waals surface area contributed by atoms with E-state index in [9.17, 15) is 8.42 Å². The first kappa shape index (κ1) is 15.0. The Morgan fingerprint density at radius 2 is 1.82 bits per heavy atom. The summed E-state index contributed by atoms with van der Waals surface area (Å²) in [6, 6.07) is 0. The van der Waals surface area contributed by atoms with Crippen LogP contribution in [0.5, 0.6) is 0 Å². The van der Waals surface area contributed by atoms with E-state index in [0.29, 0.717) is 11.7 Å². The number of rotatable bonds is 8. The first-order chi connectivity index (χ1) is 8.02. The fourth-order valence-electron chi connectivity index (χ4n) is 2.36. The zero-order valence-electron chi connectivity index (χ0n) is 11.2. The maximum absolute atomic E-state index is 12.0.